The molecule has 1 amide bonds. The number of nitrogens with one attached hydrogen (secondary N) is 3. The van der Waals surface area contributed by atoms with Crippen LogP contribution >= 0.6 is 14.5 Å². The van der Waals surface area contributed by atoms with Crippen molar-refractivity contribution in [2.45, 2.75) is 69.6 Å². The second-order valence-electron chi connectivity index (χ2n) is 12.1. The summed E-state index contributed by atoms with van der Waals surface area (Å²) in [6.45, 7) is -2.37. The van der Waals surface area contributed by atoms with Crippen LogP contribution in [0.4, 0.5) is 20.5 Å². The molecular weight excluding hydrogens is 742 g/mol. The Morgan fingerprint density at radius 3 is 2.78 bits per heavy atom. The van der Waals surface area contributed by atoms with Crippen LogP contribution in [0.5, 0.6) is 0 Å². The highest BCUT2D eigenvalue weighted by Gasteiger charge is 2.53. The van der Waals surface area contributed by atoms with Gasteiger partial charge in [0.2, 0.25) is 11.9 Å². The van der Waals surface area contributed by atoms with E-state index in [1.54, 1.807) is 13.8 Å². The van der Waals surface area contributed by atoms with E-state index in [2.05, 4.69) is 35.6 Å². The number of ether oxygens (including phenoxy) is 1. The normalized spacial score (nSPS) is 34.2. The lowest BCUT2D eigenvalue weighted by Crippen LogP contribution is -2.34. The number of halogens is 2. The summed E-state index contributed by atoms with van der Waals surface area (Å²) in [6.07, 6.45) is -6.76. The smallest absolute Gasteiger partial charge is 0.364 e. The van der Waals surface area contributed by atoms with Gasteiger partial charge in [0.15, 0.2) is 23.6 Å². The van der Waals surface area contributed by atoms with Crippen LogP contribution in [0, 0.1) is 23.2 Å². The first-order valence-corrected chi connectivity index (χ1v) is 19.7. The number of carbonyl (C=O) groups excluding carboxylic acids is 1. The molecule has 19 nitrogen and oxygen atoms in total. The number of nitrogens with zero attached hydrogens (tertiary/aromatic N) is 6. The summed E-state index contributed by atoms with van der Waals surface area (Å²) in [4.78, 5) is 54.5. The number of alkyl halides is 2. The lowest BCUT2D eigenvalue weighted by molar-refractivity contribution is -0.118. The molecule has 0 radical (unpaired) electrons. The molecule has 3 aliphatic rings. The number of phosphoric ester groups is 1. The molecular formula is C27H33F2N9O10P2S. The molecule has 3 aromatic rings. The third kappa shape index (κ3) is 8.33. The summed E-state index contributed by atoms with van der Waals surface area (Å²) in [6, 6.07) is 2.43. The van der Waals surface area contributed by atoms with E-state index in [9.17, 15) is 19.0 Å². The van der Waals surface area contributed by atoms with E-state index in [0.717, 1.165) is 10.9 Å². The Bertz CT molecular complexity index is 1940. The average Bonchev–Trinajstić information content (AvgIpc) is 3.73. The molecule has 3 aromatic heterocycles. The average molecular weight is 776 g/mol. The van der Waals surface area contributed by atoms with E-state index < -0.39 is 94.0 Å². The van der Waals surface area contributed by atoms with Gasteiger partial charge in [0.05, 0.1) is 44.7 Å². The third-order valence-corrected chi connectivity index (χ3v) is 11.5. The number of phosphoric acid groups is 1. The van der Waals surface area contributed by atoms with E-state index in [1.165, 1.54) is 18.6 Å². The first kappa shape index (κ1) is 37.4. The van der Waals surface area contributed by atoms with E-state index in [0.29, 0.717) is 0 Å². The molecule has 4 N–H and O–H groups in total. The van der Waals surface area contributed by atoms with Crippen LogP contribution in [0.25, 0.3) is 11.2 Å². The van der Waals surface area contributed by atoms with Gasteiger partial charge >= 0.3 is 14.5 Å². The minimum atomic E-state index is -5.07. The van der Waals surface area contributed by atoms with E-state index in [1.807, 2.05) is 6.07 Å². The topological polar surface area (TPSA) is 247 Å². The van der Waals surface area contributed by atoms with E-state index in [4.69, 9.17) is 44.4 Å². The zero-order valence-electron chi connectivity index (χ0n) is 26.9. The number of carbonyl (C=O) groups is 1. The molecule has 5 heterocycles. The Balaban J connectivity index is 1.34. The first-order valence-electron chi connectivity index (χ1n) is 15.6. The predicted molar refractivity (Wildman–Crippen MR) is 175 cm³/mol. The van der Waals surface area contributed by atoms with Crippen molar-refractivity contribution in [1.82, 2.24) is 29.5 Å². The van der Waals surface area contributed by atoms with Gasteiger partial charge in [0.1, 0.15) is 36.6 Å². The van der Waals surface area contributed by atoms with Crippen molar-refractivity contribution in [1.29, 1.82) is 5.26 Å². The molecule has 276 valence electrons. The first-order chi connectivity index (χ1) is 24.3. The standard InChI is InChI=1S/C27H33F2N9O10P2S/c1-13(2)24(39)36-27-35-23-20(25(40)37-27)33-12-38(23)26-22-19(29)16(46-26)10-44-49(41,42)47-21-14(9-45-50(51,48-22)43-7-3-5-30)8-15(18(21)28)34-17-4-6-31-11-32-17/h4,6,11-16,18-19,21-22,26H,3,7-10H2,1-2H3,(H,41,42)(H,31,32,34)(H2,35,36,37,39,40)/t14-,15-,16-,18+,19-,21-,22-,26-,50?/m1/s1. The number of hydrogen-bond donors (Lipinski definition) is 4. The largest absolute Gasteiger partial charge is 0.472 e. The van der Waals surface area contributed by atoms with Gasteiger partial charge in [-0.3, -0.25) is 38.0 Å². The minimum Gasteiger partial charge on any atom is -0.364 e. The van der Waals surface area contributed by atoms with Gasteiger partial charge < -0.3 is 24.0 Å². The molecule has 24 heteroatoms. The zero-order valence-corrected chi connectivity index (χ0v) is 29.5. The quantitative estimate of drug-likeness (QED) is 0.190. The lowest BCUT2D eigenvalue weighted by atomic mass is 10.1. The monoisotopic (exact) mass is 775 g/mol. The summed E-state index contributed by atoms with van der Waals surface area (Å²) < 4.78 is 80.7. The van der Waals surface area contributed by atoms with Gasteiger partial charge in [0, 0.05) is 18.0 Å². The highest BCUT2D eigenvalue weighted by molar-refractivity contribution is 8.07. The Kier molecular flexibility index (Phi) is 11.2. The van der Waals surface area contributed by atoms with Gasteiger partial charge in [-0.1, -0.05) is 13.8 Å². The number of amides is 1. The van der Waals surface area contributed by atoms with Gasteiger partial charge in [-0.05, 0) is 24.3 Å². The molecule has 0 spiro atoms. The van der Waals surface area contributed by atoms with Gasteiger partial charge in [-0.15, -0.1) is 0 Å². The van der Waals surface area contributed by atoms with E-state index in [-0.39, 0.29) is 42.4 Å². The number of H-pyrrole nitrogens is 1. The highest BCUT2D eigenvalue weighted by Crippen LogP contribution is 2.57. The third-order valence-electron chi connectivity index (χ3n) is 8.19. The summed E-state index contributed by atoms with van der Waals surface area (Å²) in [5.41, 5.74) is -1.08. The Labute approximate surface area is 293 Å². The van der Waals surface area contributed by atoms with Crippen LogP contribution in [0.3, 0.4) is 0 Å². The van der Waals surface area contributed by atoms with Crippen molar-refractivity contribution in [2.75, 3.05) is 30.5 Å². The molecule has 6 rings (SSSR count). The lowest BCUT2D eigenvalue weighted by Gasteiger charge is -2.30. The zero-order chi connectivity index (χ0) is 36.5. The SMILES string of the molecule is CC(C)C(=O)Nc1nc2c(ncn2[C@@H]2O[C@@H]3COP(=O)(O)O[C@@H]4[C@@H](COP(=S)(OCCC#N)O[C@@H]2[C@@H]3F)C[C@@H](Nc2ccncn2)[C@@H]4F)c(=O)[nH]1. The van der Waals surface area contributed by atoms with Crippen molar-refractivity contribution in [3.63, 3.8) is 0 Å². The number of rotatable bonds is 8. The number of aromatic amines is 1. The second kappa shape index (κ2) is 15.3. The number of hydrogen-bond acceptors (Lipinski definition) is 16. The maximum atomic E-state index is 16.3. The van der Waals surface area contributed by atoms with Crippen LogP contribution in [0.15, 0.2) is 29.7 Å². The fraction of sp³-hybridized carbons (Fsp3) is 0.593. The molecule has 3 fully saturated rings. The van der Waals surface area contributed by atoms with Crippen molar-refractivity contribution in [2.24, 2.45) is 11.8 Å². The predicted octanol–water partition coefficient (Wildman–Crippen LogP) is 2.65. The van der Waals surface area contributed by atoms with Crippen molar-refractivity contribution in [3.8, 4) is 6.07 Å². The molecule has 2 saturated heterocycles. The fourth-order valence-corrected chi connectivity index (χ4v) is 8.78. The molecule has 51 heavy (non-hydrogen) atoms. The Morgan fingerprint density at radius 1 is 1.25 bits per heavy atom. The Hall–Kier alpha value is -3.35. The molecule has 2 aliphatic heterocycles. The maximum Gasteiger partial charge on any atom is 0.472 e. The number of nitriles is 1. The minimum absolute atomic E-state index is 0.0101. The molecule has 2 bridgehead atoms. The fourth-order valence-electron chi connectivity index (χ4n) is 5.68. The van der Waals surface area contributed by atoms with Crippen LogP contribution < -0.4 is 16.2 Å². The maximum absolute atomic E-state index is 16.3. The molecule has 1 aliphatic carbocycles. The number of aromatic nitrogens is 6. The Morgan fingerprint density at radius 2 is 2.06 bits per heavy atom. The summed E-state index contributed by atoms with van der Waals surface area (Å²) in [7, 11) is -5.07. The van der Waals surface area contributed by atoms with Crippen LogP contribution in [0.1, 0.15) is 32.9 Å². The van der Waals surface area contributed by atoms with Crippen molar-refractivity contribution >= 4 is 55.2 Å². The number of imidazole rings is 1. The van der Waals surface area contributed by atoms with Crippen LogP contribution in [0.2, 0.25) is 0 Å². The van der Waals surface area contributed by atoms with Crippen LogP contribution in [-0.2, 0) is 48.5 Å². The highest BCUT2D eigenvalue weighted by atomic mass is 32.5. The number of fused-ring (bicyclic) bond motifs is 4. The van der Waals surface area contributed by atoms with Crippen molar-refractivity contribution in [3.05, 3.63) is 35.3 Å². The summed E-state index contributed by atoms with van der Waals surface area (Å²) in [5, 5.41) is 14.5. The van der Waals surface area contributed by atoms with Gasteiger partial charge in [-0.2, -0.15) is 10.2 Å². The van der Waals surface area contributed by atoms with Gasteiger partial charge in [-0.25, -0.2) is 28.3 Å². The molecule has 10 atom stereocenters. The number of anilines is 2. The summed E-state index contributed by atoms with van der Waals surface area (Å²) in [5.74, 6) is -1.78. The van der Waals surface area contributed by atoms with Gasteiger partial charge in [0.25, 0.3) is 5.56 Å². The molecule has 0 aromatic carbocycles. The van der Waals surface area contributed by atoms with Crippen molar-refractivity contribution < 1.29 is 50.4 Å². The summed E-state index contributed by atoms with van der Waals surface area (Å²) >= 11 is 5.67. The molecule has 2 unspecified atom stereocenters. The molecule has 1 saturated carbocycles. The second-order valence-corrected chi connectivity index (χ2v) is 16.4. The van der Waals surface area contributed by atoms with E-state index >= 15 is 8.78 Å². The van der Waals surface area contributed by atoms with Crippen LogP contribution in [-0.4, -0.2) is 96.8 Å².